The quantitative estimate of drug-likeness (QED) is 0.133. The van der Waals surface area contributed by atoms with Gasteiger partial charge in [-0.05, 0) is 183 Å². The van der Waals surface area contributed by atoms with Crippen LogP contribution >= 0.6 is 0 Å². The van der Waals surface area contributed by atoms with E-state index in [0.717, 1.165) is 151 Å². The summed E-state index contributed by atoms with van der Waals surface area (Å²) < 4.78 is 4.12. The number of hydrogen-bond acceptors (Lipinski definition) is 7. The van der Waals surface area contributed by atoms with Gasteiger partial charge >= 0.3 is 0 Å². The van der Waals surface area contributed by atoms with Crippen LogP contribution in [0.2, 0.25) is 0 Å². The first-order valence-electron chi connectivity index (χ1n) is 45.5. The van der Waals surface area contributed by atoms with Crippen LogP contribution in [0.15, 0.2) is 468 Å². The van der Waals surface area contributed by atoms with E-state index in [0.29, 0.717) is 0 Å². The second-order valence-corrected chi connectivity index (χ2v) is 34.5. The number of nitrogens with zero attached hydrogens (tertiary/aromatic N) is 9. The minimum absolute atomic E-state index is 0.923. The predicted octanol–water partition coefficient (Wildman–Crippen LogP) is 32.5. The van der Waals surface area contributed by atoms with Crippen LogP contribution in [0.1, 0.15) is 0 Å². The fourth-order valence-corrected chi connectivity index (χ4v) is 20.6. The zero-order chi connectivity index (χ0) is 88.3. The molecule has 0 saturated carbocycles. The van der Waals surface area contributed by atoms with Gasteiger partial charge in [-0.15, -0.1) is 0 Å². The number of imidazole rings is 2. The van der Waals surface area contributed by atoms with Crippen LogP contribution in [-0.4, -0.2) is 43.7 Å². The number of hydrogen-bond donors (Lipinski definition) is 0. The highest BCUT2D eigenvalue weighted by atomic mass is 15.0. The van der Waals surface area contributed by atoms with Gasteiger partial charge in [0, 0.05) is 124 Å². The molecule has 134 heavy (non-hydrogen) atoms. The van der Waals surface area contributed by atoms with Crippen LogP contribution < -0.4 is 0 Å². The average Bonchev–Trinajstić information content (AvgIpc) is 0.871. The molecule has 19 aromatic carbocycles. The van der Waals surface area contributed by atoms with E-state index in [4.69, 9.17) is 29.9 Å². The van der Waals surface area contributed by atoms with Gasteiger partial charge in [-0.3, -0.25) is 4.98 Å². The monoisotopic (exact) mass is 1700 g/mol. The Hall–Kier alpha value is -18.1. The summed E-state index contributed by atoms with van der Waals surface area (Å²) in [6.07, 6.45) is 10.1. The van der Waals surface area contributed by atoms with Crippen LogP contribution in [0.3, 0.4) is 0 Å². The molecule has 0 aliphatic carbocycles. The summed E-state index contributed by atoms with van der Waals surface area (Å²) in [5.41, 5.74) is 26.1. The Morgan fingerprint density at radius 1 is 0.164 bits per heavy atom. The Morgan fingerprint density at radius 2 is 0.455 bits per heavy atom. The lowest BCUT2D eigenvalue weighted by molar-refractivity contribution is 1.19. The van der Waals surface area contributed by atoms with Crippen molar-refractivity contribution < 1.29 is 0 Å². The topological polar surface area (TPSA) is 99.0 Å². The van der Waals surface area contributed by atoms with Crippen LogP contribution in [0.5, 0.6) is 0 Å². The van der Waals surface area contributed by atoms with Crippen molar-refractivity contribution in [2.75, 3.05) is 0 Å². The molecule has 9 aromatic heterocycles. The fourth-order valence-electron chi connectivity index (χ4n) is 20.6. The zero-order valence-corrected chi connectivity index (χ0v) is 72.5. The summed E-state index contributed by atoms with van der Waals surface area (Å²) >= 11 is 0. The molecule has 0 radical (unpaired) electrons. The Kier molecular flexibility index (Phi) is 18.4. The van der Waals surface area contributed by atoms with E-state index >= 15 is 0 Å². The molecule has 0 saturated heterocycles. The summed E-state index contributed by atoms with van der Waals surface area (Å²) in [4.78, 5) is 35.5. The number of pyridine rings is 7. The third kappa shape index (κ3) is 13.2. The predicted molar refractivity (Wildman–Crippen MR) is 560 cm³/mol. The largest absolute Gasteiger partial charge is 0.306 e. The molecular weight excluding hydrogens is 1630 g/mol. The molecule has 0 unspecified atom stereocenters. The van der Waals surface area contributed by atoms with Crippen LogP contribution in [0, 0.1) is 0 Å². The zero-order valence-electron chi connectivity index (χ0n) is 72.5. The molecule has 622 valence electrons. The maximum absolute atomic E-state index is 5.37. The van der Waals surface area contributed by atoms with Crippen molar-refractivity contribution in [1.82, 2.24) is 43.7 Å². The first-order valence-corrected chi connectivity index (χ1v) is 45.5. The first kappa shape index (κ1) is 77.1. The summed E-state index contributed by atoms with van der Waals surface area (Å²) in [5.74, 6) is 0. The molecule has 0 amide bonds. The van der Waals surface area contributed by atoms with Crippen LogP contribution in [-0.2, 0) is 0 Å². The Morgan fingerprint density at radius 3 is 0.843 bits per heavy atom. The van der Waals surface area contributed by atoms with Crippen molar-refractivity contribution in [3.8, 4) is 101 Å². The smallest absolute Gasteiger partial charge is 0.137 e. The number of fused-ring (bicyclic) bond motifs is 29. The summed E-state index contributed by atoms with van der Waals surface area (Å²) in [7, 11) is 0. The van der Waals surface area contributed by atoms with E-state index in [1.807, 2.05) is 61.1 Å². The van der Waals surface area contributed by atoms with Crippen molar-refractivity contribution in [3.05, 3.63) is 468 Å². The maximum atomic E-state index is 5.37. The molecule has 0 N–H and O–H groups in total. The third-order valence-corrected chi connectivity index (χ3v) is 26.8. The molecule has 28 rings (SSSR count). The van der Waals surface area contributed by atoms with Crippen molar-refractivity contribution in [3.63, 3.8) is 0 Å². The maximum Gasteiger partial charge on any atom is 0.137 e. The third-order valence-electron chi connectivity index (χ3n) is 26.8. The lowest BCUT2D eigenvalue weighted by Gasteiger charge is -2.16. The highest BCUT2D eigenvalue weighted by Gasteiger charge is 2.24. The Bertz CT molecular complexity index is 9630. The van der Waals surface area contributed by atoms with Crippen LogP contribution in [0.4, 0.5) is 0 Å². The molecule has 0 aliphatic rings. The van der Waals surface area contributed by atoms with Crippen molar-refractivity contribution >= 4 is 163 Å². The number of para-hydroxylation sites is 3. The van der Waals surface area contributed by atoms with Crippen LogP contribution in [0.25, 0.3) is 264 Å². The van der Waals surface area contributed by atoms with Gasteiger partial charge in [-0.2, -0.15) is 0 Å². The lowest BCUT2D eigenvalue weighted by atomic mass is 9.89. The Labute approximate surface area is 769 Å². The minimum Gasteiger partial charge on any atom is -0.306 e. The number of benzene rings is 19. The van der Waals surface area contributed by atoms with E-state index in [9.17, 15) is 0 Å². The van der Waals surface area contributed by atoms with E-state index in [1.165, 1.54) is 113 Å². The van der Waals surface area contributed by atoms with E-state index in [2.05, 4.69) is 420 Å². The highest BCUT2D eigenvalue weighted by molar-refractivity contribution is 6.37. The summed E-state index contributed by atoms with van der Waals surface area (Å²) in [5, 5.41) is 28.1. The molecule has 0 aliphatic heterocycles. The van der Waals surface area contributed by atoms with Gasteiger partial charge in [0.05, 0.1) is 61.7 Å². The van der Waals surface area contributed by atoms with E-state index in [1.54, 1.807) is 0 Å². The van der Waals surface area contributed by atoms with Crippen molar-refractivity contribution in [2.45, 2.75) is 0 Å². The van der Waals surface area contributed by atoms with Gasteiger partial charge in [-0.25, -0.2) is 29.9 Å². The number of aromatic nitrogens is 9. The Balaban J connectivity index is 0.000000105. The molecule has 28 aromatic rings. The molecule has 9 nitrogen and oxygen atoms in total. The fraction of sp³-hybridized carbons (Fsp3) is 0. The molecule has 0 spiro atoms. The average molecular weight is 1710 g/mol. The van der Waals surface area contributed by atoms with Gasteiger partial charge < -0.3 is 8.80 Å². The van der Waals surface area contributed by atoms with Gasteiger partial charge in [-0.1, -0.05) is 352 Å². The van der Waals surface area contributed by atoms with Gasteiger partial charge in [0.15, 0.2) is 0 Å². The SMILES string of the molecule is c1cc(-c2ccc(-c3cn4ccccc4n3)cc2)cc(-c2nc3ccccc3c3c4ccccc4c4ccccc4c23)c1.c1cc(-c2cccc(-c3nc4ccccc4c4c5ccccc5c5ccccc5c34)c2)cc(-c2ccc3ccc4cccnc4c3n2)c1.c1cc(-c2cccc(-c3nc4ccccc4c4c5ccccc5c5ccccc5c34)c2)cc(-c2cn3ccccc3n2)c1. The molecule has 0 fully saturated rings. The van der Waals surface area contributed by atoms with Gasteiger partial charge in [0.1, 0.15) is 11.3 Å². The second-order valence-electron chi connectivity index (χ2n) is 34.5. The second kappa shape index (κ2) is 32.0. The number of rotatable bonds is 9. The summed E-state index contributed by atoms with van der Waals surface area (Å²) in [6.45, 7) is 0. The first-order chi connectivity index (χ1) is 66.4. The molecule has 0 atom stereocenters. The summed E-state index contributed by atoms with van der Waals surface area (Å²) in [6, 6.07) is 155. The molecule has 9 heterocycles. The van der Waals surface area contributed by atoms with Gasteiger partial charge in [0.25, 0.3) is 0 Å². The van der Waals surface area contributed by atoms with Gasteiger partial charge in [0.2, 0.25) is 0 Å². The standard InChI is InChI=1S/C45H27N3.2C40H25N3/c1-3-17-36-34(15-1)35-16-2-4-18-37(35)42-41(36)38-19-5-6-20-40(38)48-43(42)33-13-8-11-31(27-33)30-10-7-12-32(26-30)39-24-23-29-22-21-28-14-9-25-46-44(28)45(29)47-39;1-3-17-32-30(15-1)31-16-2-4-18-33(31)39-38(32)34-19-5-6-20-35(34)42-40(39)29-14-10-12-27(24-29)26-11-9-13-28(23-26)36-25-43-22-8-7-21-37(43)41-36;1-3-14-32-30(12-1)31-13-2-4-15-33(31)39-38(32)34-16-5-6-17-35(34)42-40(39)29-11-9-10-28(24-29)26-19-21-27(22-20-26)36-25-43-23-8-7-18-37(43)41-36/h1-27H;2*1-25H. The normalized spacial score (nSPS) is 11.7. The minimum atomic E-state index is 0.923. The molecular formula is C125H77N9. The van der Waals surface area contributed by atoms with Crippen molar-refractivity contribution in [2.24, 2.45) is 0 Å². The molecule has 9 heteroatoms. The highest BCUT2D eigenvalue weighted by Crippen LogP contribution is 2.49. The lowest BCUT2D eigenvalue weighted by Crippen LogP contribution is -1.93. The molecule has 0 bridgehead atoms. The van der Waals surface area contributed by atoms with Crippen molar-refractivity contribution in [1.29, 1.82) is 0 Å². The van der Waals surface area contributed by atoms with E-state index in [-0.39, 0.29) is 0 Å². The van der Waals surface area contributed by atoms with E-state index < -0.39 is 0 Å².